The SMILES string of the molecule is CCc1sc(C(=O)NCc2ccccc2N2CCN(C)CC2)cc1C. The van der Waals surface area contributed by atoms with Gasteiger partial charge in [-0.15, -0.1) is 11.3 Å². The molecule has 1 amide bonds. The first-order valence-electron chi connectivity index (χ1n) is 8.97. The van der Waals surface area contributed by atoms with E-state index >= 15 is 0 Å². The van der Waals surface area contributed by atoms with Crippen LogP contribution in [-0.4, -0.2) is 44.0 Å². The van der Waals surface area contributed by atoms with Crippen LogP contribution in [0.15, 0.2) is 30.3 Å². The Morgan fingerprint density at radius 3 is 2.60 bits per heavy atom. The second kappa shape index (κ2) is 8.02. The molecule has 5 heteroatoms. The molecule has 1 N–H and O–H groups in total. The van der Waals surface area contributed by atoms with Crippen molar-refractivity contribution in [3.63, 3.8) is 0 Å². The third-order valence-electron chi connectivity index (χ3n) is 4.84. The topological polar surface area (TPSA) is 35.6 Å². The number of anilines is 1. The largest absolute Gasteiger partial charge is 0.369 e. The number of carbonyl (C=O) groups is 1. The minimum atomic E-state index is 0.0287. The highest BCUT2D eigenvalue weighted by molar-refractivity contribution is 7.14. The van der Waals surface area contributed by atoms with Crippen LogP contribution in [-0.2, 0) is 13.0 Å². The van der Waals surface area contributed by atoms with E-state index in [2.05, 4.69) is 54.2 Å². The highest BCUT2D eigenvalue weighted by Gasteiger charge is 2.17. The van der Waals surface area contributed by atoms with Gasteiger partial charge in [-0.1, -0.05) is 25.1 Å². The minimum absolute atomic E-state index is 0.0287. The number of nitrogens with one attached hydrogen (secondary N) is 1. The summed E-state index contributed by atoms with van der Waals surface area (Å²) in [5.74, 6) is 0.0287. The van der Waals surface area contributed by atoms with E-state index in [0.717, 1.165) is 37.5 Å². The first-order valence-corrected chi connectivity index (χ1v) is 9.79. The summed E-state index contributed by atoms with van der Waals surface area (Å²) >= 11 is 1.61. The van der Waals surface area contributed by atoms with Gasteiger partial charge in [-0.2, -0.15) is 0 Å². The van der Waals surface area contributed by atoms with E-state index in [1.165, 1.54) is 21.7 Å². The Balaban J connectivity index is 1.67. The zero-order valence-corrected chi connectivity index (χ0v) is 16.2. The molecule has 0 aliphatic carbocycles. The lowest BCUT2D eigenvalue weighted by atomic mass is 10.1. The Hall–Kier alpha value is -1.85. The molecule has 1 aromatic carbocycles. The normalized spacial score (nSPS) is 15.4. The lowest BCUT2D eigenvalue weighted by molar-refractivity contribution is 0.0955. The van der Waals surface area contributed by atoms with Crippen molar-refractivity contribution in [2.75, 3.05) is 38.1 Å². The van der Waals surface area contributed by atoms with E-state index in [-0.39, 0.29) is 5.91 Å². The number of rotatable bonds is 5. The second-order valence-electron chi connectivity index (χ2n) is 6.67. The van der Waals surface area contributed by atoms with Crippen LogP contribution in [0.5, 0.6) is 0 Å². The van der Waals surface area contributed by atoms with Gasteiger partial charge in [-0.25, -0.2) is 0 Å². The first-order chi connectivity index (χ1) is 12.1. The lowest BCUT2D eigenvalue weighted by Crippen LogP contribution is -2.45. The fourth-order valence-electron chi connectivity index (χ4n) is 3.26. The highest BCUT2D eigenvalue weighted by Crippen LogP contribution is 2.24. The van der Waals surface area contributed by atoms with Gasteiger partial charge in [0, 0.05) is 43.3 Å². The molecule has 0 saturated carbocycles. The van der Waals surface area contributed by atoms with Crippen molar-refractivity contribution < 1.29 is 4.79 Å². The van der Waals surface area contributed by atoms with E-state index < -0.39 is 0 Å². The smallest absolute Gasteiger partial charge is 0.261 e. The molecule has 0 radical (unpaired) electrons. The Labute approximate surface area is 154 Å². The van der Waals surface area contributed by atoms with Crippen LogP contribution in [0.2, 0.25) is 0 Å². The molecule has 0 spiro atoms. The van der Waals surface area contributed by atoms with Crippen molar-refractivity contribution >= 4 is 22.9 Å². The zero-order valence-electron chi connectivity index (χ0n) is 15.3. The van der Waals surface area contributed by atoms with E-state index in [4.69, 9.17) is 0 Å². The standard InChI is InChI=1S/C20H27N3OS/c1-4-18-15(2)13-19(25-18)20(24)21-14-16-7-5-6-8-17(16)23-11-9-22(3)10-12-23/h5-8,13H,4,9-12,14H2,1-3H3,(H,21,24). The molecule has 1 aromatic heterocycles. The molecule has 134 valence electrons. The van der Waals surface area contributed by atoms with Gasteiger partial charge in [0.1, 0.15) is 0 Å². The summed E-state index contributed by atoms with van der Waals surface area (Å²) in [4.78, 5) is 19.4. The number of nitrogens with zero attached hydrogens (tertiary/aromatic N) is 2. The predicted octanol–water partition coefficient (Wildman–Crippen LogP) is 3.30. The van der Waals surface area contributed by atoms with Gasteiger partial charge in [-0.05, 0) is 43.7 Å². The van der Waals surface area contributed by atoms with Crippen LogP contribution >= 0.6 is 11.3 Å². The quantitative estimate of drug-likeness (QED) is 0.892. The summed E-state index contributed by atoms with van der Waals surface area (Å²) in [6.45, 7) is 9.00. The summed E-state index contributed by atoms with van der Waals surface area (Å²) in [7, 11) is 2.16. The molecule has 4 nitrogen and oxygen atoms in total. The van der Waals surface area contributed by atoms with E-state index in [0.29, 0.717) is 6.54 Å². The first kappa shape index (κ1) is 18.0. The number of carbonyl (C=O) groups excluding carboxylic acids is 1. The molecule has 3 rings (SSSR count). The summed E-state index contributed by atoms with van der Waals surface area (Å²) in [5, 5.41) is 3.10. The summed E-state index contributed by atoms with van der Waals surface area (Å²) < 4.78 is 0. The number of benzene rings is 1. The van der Waals surface area contributed by atoms with Crippen molar-refractivity contribution in [1.82, 2.24) is 10.2 Å². The monoisotopic (exact) mass is 357 g/mol. The molecule has 1 saturated heterocycles. The van der Waals surface area contributed by atoms with Crippen LogP contribution in [0, 0.1) is 6.92 Å². The fraction of sp³-hybridized carbons (Fsp3) is 0.450. The molecule has 0 bridgehead atoms. The van der Waals surface area contributed by atoms with Crippen molar-refractivity contribution in [2.45, 2.75) is 26.8 Å². The molecule has 2 heterocycles. The average molecular weight is 358 g/mol. The number of aryl methyl sites for hydroxylation is 2. The molecular formula is C20H27N3OS. The maximum Gasteiger partial charge on any atom is 0.261 e. The average Bonchev–Trinajstić information content (AvgIpc) is 3.01. The fourth-order valence-corrected chi connectivity index (χ4v) is 4.29. The summed E-state index contributed by atoms with van der Waals surface area (Å²) in [6.07, 6.45) is 0.982. The van der Waals surface area contributed by atoms with Crippen molar-refractivity contribution in [1.29, 1.82) is 0 Å². The molecule has 0 atom stereocenters. The number of thiophene rings is 1. The van der Waals surface area contributed by atoms with Gasteiger partial charge in [0.2, 0.25) is 0 Å². The summed E-state index contributed by atoms with van der Waals surface area (Å²) in [5.41, 5.74) is 3.65. The van der Waals surface area contributed by atoms with Gasteiger partial charge in [0.25, 0.3) is 5.91 Å². The van der Waals surface area contributed by atoms with Crippen LogP contribution in [0.4, 0.5) is 5.69 Å². The molecule has 2 aromatic rings. The number of likely N-dealkylation sites (N-methyl/N-ethyl adjacent to an activating group) is 1. The molecule has 1 aliphatic rings. The second-order valence-corrected chi connectivity index (χ2v) is 7.81. The van der Waals surface area contributed by atoms with Gasteiger partial charge >= 0.3 is 0 Å². The predicted molar refractivity (Wildman–Crippen MR) is 106 cm³/mol. The van der Waals surface area contributed by atoms with E-state index in [1.54, 1.807) is 11.3 Å². The maximum absolute atomic E-state index is 12.5. The van der Waals surface area contributed by atoms with Crippen LogP contribution in [0.1, 0.15) is 32.6 Å². The molecule has 1 aliphatic heterocycles. The van der Waals surface area contributed by atoms with Gasteiger partial charge in [0.05, 0.1) is 4.88 Å². The Morgan fingerprint density at radius 2 is 1.92 bits per heavy atom. The molecule has 1 fully saturated rings. The third-order valence-corrected chi connectivity index (χ3v) is 6.22. The Morgan fingerprint density at radius 1 is 1.20 bits per heavy atom. The number of amides is 1. The van der Waals surface area contributed by atoms with E-state index in [9.17, 15) is 4.79 Å². The maximum atomic E-state index is 12.5. The van der Waals surface area contributed by atoms with Crippen LogP contribution < -0.4 is 10.2 Å². The minimum Gasteiger partial charge on any atom is -0.369 e. The number of hydrogen-bond acceptors (Lipinski definition) is 4. The third kappa shape index (κ3) is 4.22. The van der Waals surface area contributed by atoms with E-state index in [1.807, 2.05) is 12.1 Å². The molecule has 25 heavy (non-hydrogen) atoms. The lowest BCUT2D eigenvalue weighted by Gasteiger charge is -2.35. The molecular weight excluding hydrogens is 330 g/mol. The Kier molecular flexibility index (Phi) is 5.76. The number of hydrogen-bond donors (Lipinski definition) is 1. The van der Waals surface area contributed by atoms with Gasteiger partial charge in [0.15, 0.2) is 0 Å². The van der Waals surface area contributed by atoms with Gasteiger partial charge < -0.3 is 15.1 Å². The van der Waals surface area contributed by atoms with Crippen LogP contribution in [0.3, 0.4) is 0 Å². The number of piperazine rings is 1. The molecule has 0 unspecified atom stereocenters. The van der Waals surface area contributed by atoms with Crippen molar-refractivity contribution in [3.8, 4) is 0 Å². The number of para-hydroxylation sites is 1. The Bertz CT molecular complexity index is 732. The summed E-state index contributed by atoms with van der Waals surface area (Å²) in [6, 6.07) is 10.4. The zero-order chi connectivity index (χ0) is 17.8. The highest BCUT2D eigenvalue weighted by atomic mass is 32.1. The van der Waals surface area contributed by atoms with Crippen molar-refractivity contribution in [3.05, 3.63) is 51.2 Å². The van der Waals surface area contributed by atoms with Crippen molar-refractivity contribution in [2.24, 2.45) is 0 Å². The van der Waals surface area contributed by atoms with Crippen LogP contribution in [0.25, 0.3) is 0 Å². The van der Waals surface area contributed by atoms with Gasteiger partial charge in [-0.3, -0.25) is 4.79 Å².